The molecule has 0 bridgehead atoms. The fraction of sp³-hybridized carbons (Fsp3) is 0.588. The van der Waals surface area contributed by atoms with Gasteiger partial charge >= 0.3 is 6.09 Å². The second-order valence-electron chi connectivity index (χ2n) is 7.09. The molecular formula is C17H25F2N3O2. The average molecular weight is 341 g/mol. The van der Waals surface area contributed by atoms with Crippen molar-refractivity contribution in [3.05, 3.63) is 23.8 Å². The van der Waals surface area contributed by atoms with Gasteiger partial charge in [0, 0.05) is 42.6 Å². The van der Waals surface area contributed by atoms with Crippen LogP contribution in [0.4, 0.5) is 25.0 Å². The number of hydrogen-bond donors (Lipinski definition) is 1. The van der Waals surface area contributed by atoms with E-state index in [-0.39, 0.29) is 17.7 Å². The Bertz CT molecular complexity index is 602. The van der Waals surface area contributed by atoms with E-state index in [0.29, 0.717) is 31.0 Å². The standard InChI is InChI=1S/C17H25F2N3O2/c1-11-10-21(16(23)24-17(2,3)4)7-8-22(11)14-6-5-12(20)9-13(14)15(18)19/h5-6,9,11,15H,7-8,10,20H2,1-4H3/t11-/m0/s1. The monoisotopic (exact) mass is 341 g/mol. The van der Waals surface area contributed by atoms with Crippen LogP contribution in [-0.4, -0.2) is 42.3 Å². The molecular weight excluding hydrogens is 316 g/mol. The summed E-state index contributed by atoms with van der Waals surface area (Å²) in [6, 6.07) is 4.45. The van der Waals surface area contributed by atoms with Crippen LogP contribution < -0.4 is 10.6 Å². The van der Waals surface area contributed by atoms with Gasteiger partial charge in [-0.1, -0.05) is 0 Å². The van der Waals surface area contributed by atoms with Gasteiger partial charge in [0.1, 0.15) is 5.60 Å². The van der Waals surface area contributed by atoms with Gasteiger partial charge in [-0.2, -0.15) is 0 Å². The van der Waals surface area contributed by atoms with Crippen molar-refractivity contribution < 1.29 is 18.3 Å². The van der Waals surface area contributed by atoms with Gasteiger partial charge in [0.2, 0.25) is 0 Å². The minimum atomic E-state index is -2.60. The molecule has 1 aromatic rings. The van der Waals surface area contributed by atoms with E-state index in [0.717, 1.165) is 0 Å². The summed E-state index contributed by atoms with van der Waals surface area (Å²) >= 11 is 0. The Morgan fingerprint density at radius 2 is 2.00 bits per heavy atom. The highest BCUT2D eigenvalue weighted by molar-refractivity contribution is 5.69. The summed E-state index contributed by atoms with van der Waals surface area (Å²) in [7, 11) is 0. The molecule has 1 aliphatic heterocycles. The number of amides is 1. The van der Waals surface area contributed by atoms with Gasteiger partial charge < -0.3 is 20.3 Å². The minimum Gasteiger partial charge on any atom is -0.444 e. The maximum absolute atomic E-state index is 13.3. The van der Waals surface area contributed by atoms with Crippen molar-refractivity contribution >= 4 is 17.5 Å². The zero-order valence-electron chi connectivity index (χ0n) is 14.6. The quantitative estimate of drug-likeness (QED) is 0.834. The Hall–Kier alpha value is -2.05. The van der Waals surface area contributed by atoms with Crippen molar-refractivity contribution in [2.45, 2.75) is 45.8 Å². The number of piperazine rings is 1. The molecule has 1 heterocycles. The van der Waals surface area contributed by atoms with Gasteiger partial charge in [0.05, 0.1) is 0 Å². The van der Waals surface area contributed by atoms with Crippen LogP contribution in [0.25, 0.3) is 0 Å². The predicted octanol–water partition coefficient (Wildman–Crippen LogP) is 3.65. The zero-order valence-corrected chi connectivity index (χ0v) is 14.6. The largest absolute Gasteiger partial charge is 0.444 e. The number of nitrogens with zero attached hydrogens (tertiary/aromatic N) is 2. The van der Waals surface area contributed by atoms with Crippen LogP contribution in [0.2, 0.25) is 0 Å². The Labute approximate surface area is 141 Å². The number of rotatable bonds is 2. The van der Waals surface area contributed by atoms with Crippen LogP contribution in [0.1, 0.15) is 39.7 Å². The van der Waals surface area contributed by atoms with Crippen molar-refractivity contribution in [2.75, 3.05) is 30.3 Å². The zero-order chi connectivity index (χ0) is 18.1. The molecule has 24 heavy (non-hydrogen) atoms. The summed E-state index contributed by atoms with van der Waals surface area (Å²) in [6.07, 6.45) is -2.97. The van der Waals surface area contributed by atoms with E-state index < -0.39 is 12.0 Å². The van der Waals surface area contributed by atoms with Crippen molar-refractivity contribution in [1.82, 2.24) is 4.90 Å². The third-order valence-corrected chi connectivity index (χ3v) is 3.88. The van der Waals surface area contributed by atoms with Crippen LogP contribution in [0, 0.1) is 0 Å². The molecule has 1 atom stereocenters. The lowest BCUT2D eigenvalue weighted by Crippen LogP contribution is -2.54. The maximum Gasteiger partial charge on any atom is 0.410 e. The molecule has 1 aliphatic rings. The molecule has 2 N–H and O–H groups in total. The first-order chi connectivity index (χ1) is 11.1. The molecule has 0 unspecified atom stereocenters. The van der Waals surface area contributed by atoms with E-state index >= 15 is 0 Å². The van der Waals surface area contributed by atoms with E-state index in [2.05, 4.69) is 0 Å². The number of halogens is 2. The van der Waals surface area contributed by atoms with E-state index in [1.54, 1.807) is 17.0 Å². The number of nitrogens with two attached hydrogens (primary N) is 1. The molecule has 1 saturated heterocycles. The molecule has 0 radical (unpaired) electrons. The summed E-state index contributed by atoms with van der Waals surface area (Å²) in [4.78, 5) is 15.7. The highest BCUT2D eigenvalue weighted by atomic mass is 19.3. The summed E-state index contributed by atoms with van der Waals surface area (Å²) in [6.45, 7) is 8.65. The third kappa shape index (κ3) is 4.27. The number of ether oxygens (including phenoxy) is 1. The van der Waals surface area contributed by atoms with Gasteiger partial charge in [-0.05, 0) is 45.9 Å². The molecule has 1 aromatic carbocycles. The normalized spacial score (nSPS) is 18.9. The molecule has 0 aliphatic carbocycles. The van der Waals surface area contributed by atoms with Crippen LogP contribution >= 0.6 is 0 Å². The fourth-order valence-electron chi connectivity index (χ4n) is 2.82. The second kappa shape index (κ2) is 6.83. The Morgan fingerprint density at radius 3 is 2.54 bits per heavy atom. The number of hydrogen-bond acceptors (Lipinski definition) is 4. The molecule has 1 fully saturated rings. The van der Waals surface area contributed by atoms with Gasteiger partial charge in [-0.15, -0.1) is 0 Å². The van der Waals surface area contributed by atoms with Crippen molar-refractivity contribution in [3.8, 4) is 0 Å². The molecule has 2 rings (SSSR count). The number of nitrogen functional groups attached to an aromatic ring is 1. The number of carbonyl (C=O) groups excluding carboxylic acids is 1. The maximum atomic E-state index is 13.3. The van der Waals surface area contributed by atoms with E-state index in [9.17, 15) is 13.6 Å². The van der Waals surface area contributed by atoms with E-state index in [4.69, 9.17) is 10.5 Å². The highest BCUT2D eigenvalue weighted by Crippen LogP contribution is 2.33. The molecule has 1 amide bonds. The van der Waals surface area contributed by atoms with Gasteiger partial charge in [-0.25, -0.2) is 13.6 Å². The van der Waals surface area contributed by atoms with Gasteiger partial charge in [0.15, 0.2) is 0 Å². The predicted molar refractivity (Wildman–Crippen MR) is 90.4 cm³/mol. The van der Waals surface area contributed by atoms with Crippen LogP contribution in [0.5, 0.6) is 0 Å². The smallest absolute Gasteiger partial charge is 0.410 e. The van der Waals surface area contributed by atoms with Crippen LogP contribution in [0.3, 0.4) is 0 Å². The molecule has 5 nitrogen and oxygen atoms in total. The molecule has 0 saturated carbocycles. The van der Waals surface area contributed by atoms with E-state index in [1.165, 1.54) is 6.07 Å². The topological polar surface area (TPSA) is 58.8 Å². The average Bonchev–Trinajstić information content (AvgIpc) is 2.45. The lowest BCUT2D eigenvalue weighted by atomic mass is 10.1. The molecule has 7 heteroatoms. The fourth-order valence-corrected chi connectivity index (χ4v) is 2.82. The summed E-state index contributed by atoms with van der Waals surface area (Å²) in [5, 5.41) is 0. The number of alkyl halides is 2. The number of carbonyl (C=O) groups is 1. The Balaban J connectivity index is 2.13. The minimum absolute atomic E-state index is 0.0763. The lowest BCUT2D eigenvalue weighted by Gasteiger charge is -2.42. The molecule has 134 valence electrons. The Kier molecular flexibility index (Phi) is 5.20. The molecule has 0 aromatic heterocycles. The summed E-state index contributed by atoms with van der Waals surface area (Å²) in [5.41, 5.74) is 5.78. The van der Waals surface area contributed by atoms with Crippen molar-refractivity contribution in [2.24, 2.45) is 0 Å². The van der Waals surface area contributed by atoms with Crippen molar-refractivity contribution in [3.63, 3.8) is 0 Å². The first kappa shape index (κ1) is 18.3. The SMILES string of the molecule is C[C@H]1CN(C(=O)OC(C)(C)C)CCN1c1ccc(N)cc1C(F)F. The second-order valence-corrected chi connectivity index (χ2v) is 7.09. The van der Waals surface area contributed by atoms with Crippen LogP contribution in [-0.2, 0) is 4.74 Å². The third-order valence-electron chi connectivity index (χ3n) is 3.88. The number of anilines is 2. The summed E-state index contributed by atoms with van der Waals surface area (Å²) < 4.78 is 32.0. The van der Waals surface area contributed by atoms with E-state index in [1.807, 2.05) is 32.6 Å². The van der Waals surface area contributed by atoms with Crippen molar-refractivity contribution in [1.29, 1.82) is 0 Å². The first-order valence-electron chi connectivity index (χ1n) is 8.00. The Morgan fingerprint density at radius 1 is 1.33 bits per heavy atom. The summed E-state index contributed by atoms with van der Waals surface area (Å²) in [5.74, 6) is 0. The highest BCUT2D eigenvalue weighted by Gasteiger charge is 2.31. The van der Waals surface area contributed by atoms with Crippen LogP contribution in [0.15, 0.2) is 18.2 Å². The first-order valence-corrected chi connectivity index (χ1v) is 8.00. The molecule has 0 spiro atoms. The van der Waals surface area contributed by atoms with Gasteiger partial charge in [0.25, 0.3) is 6.43 Å². The lowest BCUT2D eigenvalue weighted by molar-refractivity contribution is 0.0218. The van der Waals surface area contributed by atoms with Gasteiger partial charge in [-0.3, -0.25) is 0 Å². The number of benzene rings is 1.